The lowest BCUT2D eigenvalue weighted by molar-refractivity contribution is 0.100. The average molecular weight is 217 g/mol. The minimum absolute atomic E-state index is 0.0360. The van der Waals surface area contributed by atoms with Gasteiger partial charge in [-0.05, 0) is 12.1 Å². The first-order chi connectivity index (χ1) is 7.61. The number of amides is 1. The number of hydrogen-bond donors (Lipinski definition) is 3. The Labute approximate surface area is 91.6 Å². The maximum atomic E-state index is 11.1. The third-order valence-electron chi connectivity index (χ3n) is 2.20. The molecule has 1 aromatic heterocycles. The molecule has 0 fully saturated rings. The topological polar surface area (TPSA) is 113 Å². The van der Waals surface area contributed by atoms with Crippen LogP contribution in [0, 0.1) is 0 Å². The molecule has 0 bridgehead atoms. The number of aromatic nitrogens is 2. The predicted molar refractivity (Wildman–Crippen MR) is 60.9 cm³/mol. The highest BCUT2D eigenvalue weighted by Gasteiger charge is 2.18. The van der Waals surface area contributed by atoms with Gasteiger partial charge >= 0.3 is 0 Å². The van der Waals surface area contributed by atoms with E-state index in [1.807, 2.05) is 18.2 Å². The molecule has 82 valence electrons. The Bertz CT molecular complexity index is 532. The molecular weight excluding hydrogens is 206 g/mol. The number of rotatable bonds is 2. The Balaban J connectivity index is 2.61. The molecule has 1 heterocycles. The van der Waals surface area contributed by atoms with Crippen LogP contribution in [0.1, 0.15) is 10.4 Å². The van der Waals surface area contributed by atoms with E-state index in [0.29, 0.717) is 0 Å². The lowest BCUT2D eigenvalue weighted by atomic mass is 10.3. The number of carbonyl (C=O) groups is 1. The molecular formula is C10H11N5O. The van der Waals surface area contributed by atoms with Gasteiger partial charge in [0.05, 0.1) is 5.69 Å². The first kappa shape index (κ1) is 10.0. The van der Waals surface area contributed by atoms with Gasteiger partial charge in [0.1, 0.15) is 11.4 Å². The molecule has 6 nitrogen and oxygen atoms in total. The molecule has 6 N–H and O–H groups in total. The maximum absolute atomic E-state index is 11.1. The van der Waals surface area contributed by atoms with Gasteiger partial charge in [0.25, 0.3) is 5.91 Å². The van der Waals surface area contributed by atoms with Crippen molar-refractivity contribution in [2.75, 3.05) is 11.5 Å². The van der Waals surface area contributed by atoms with Gasteiger partial charge in [0.2, 0.25) is 0 Å². The summed E-state index contributed by atoms with van der Waals surface area (Å²) in [6, 6.07) is 9.12. The first-order valence-electron chi connectivity index (χ1n) is 4.60. The number of hydrogen-bond acceptors (Lipinski definition) is 4. The molecule has 0 radical (unpaired) electrons. The zero-order valence-electron chi connectivity index (χ0n) is 8.42. The number of anilines is 2. The highest BCUT2D eigenvalue weighted by atomic mass is 16.1. The SMILES string of the molecule is NC(=O)c1c(N)nn(-c2ccccc2)c1N. The molecule has 1 amide bonds. The van der Waals surface area contributed by atoms with E-state index in [0.717, 1.165) is 5.69 Å². The fourth-order valence-corrected chi connectivity index (χ4v) is 1.47. The monoisotopic (exact) mass is 217 g/mol. The predicted octanol–water partition coefficient (Wildman–Crippen LogP) is 0.136. The van der Waals surface area contributed by atoms with Gasteiger partial charge in [-0.3, -0.25) is 4.79 Å². The molecule has 16 heavy (non-hydrogen) atoms. The van der Waals surface area contributed by atoms with Crippen molar-refractivity contribution < 1.29 is 4.79 Å². The summed E-state index contributed by atoms with van der Waals surface area (Å²) < 4.78 is 1.38. The third kappa shape index (κ3) is 1.46. The van der Waals surface area contributed by atoms with Crippen LogP contribution in [0.15, 0.2) is 30.3 Å². The minimum Gasteiger partial charge on any atom is -0.383 e. The van der Waals surface area contributed by atoms with Crippen molar-refractivity contribution in [1.82, 2.24) is 9.78 Å². The van der Waals surface area contributed by atoms with Crippen LogP contribution in [-0.4, -0.2) is 15.7 Å². The highest BCUT2D eigenvalue weighted by Crippen LogP contribution is 2.21. The van der Waals surface area contributed by atoms with Gasteiger partial charge < -0.3 is 17.2 Å². The summed E-state index contributed by atoms with van der Waals surface area (Å²) in [5, 5.41) is 3.97. The lowest BCUT2D eigenvalue weighted by Gasteiger charge is -2.02. The minimum atomic E-state index is -0.683. The van der Waals surface area contributed by atoms with Crippen LogP contribution in [0.3, 0.4) is 0 Å². The second-order valence-corrected chi connectivity index (χ2v) is 3.26. The molecule has 2 aromatic rings. The van der Waals surface area contributed by atoms with E-state index in [1.54, 1.807) is 12.1 Å². The van der Waals surface area contributed by atoms with Crippen LogP contribution < -0.4 is 17.2 Å². The molecule has 0 saturated carbocycles. The van der Waals surface area contributed by atoms with E-state index in [-0.39, 0.29) is 17.2 Å². The van der Waals surface area contributed by atoms with Gasteiger partial charge in [-0.2, -0.15) is 0 Å². The van der Waals surface area contributed by atoms with Gasteiger partial charge in [0, 0.05) is 0 Å². The van der Waals surface area contributed by atoms with Gasteiger partial charge in [-0.25, -0.2) is 4.68 Å². The molecule has 0 saturated heterocycles. The van der Waals surface area contributed by atoms with E-state index in [9.17, 15) is 4.79 Å². The van der Waals surface area contributed by atoms with Crippen LogP contribution in [0.2, 0.25) is 0 Å². The van der Waals surface area contributed by atoms with E-state index in [4.69, 9.17) is 17.2 Å². The van der Waals surface area contributed by atoms with Crippen LogP contribution in [0.25, 0.3) is 5.69 Å². The molecule has 6 heteroatoms. The van der Waals surface area contributed by atoms with E-state index in [1.165, 1.54) is 4.68 Å². The van der Waals surface area contributed by atoms with Crippen LogP contribution in [-0.2, 0) is 0 Å². The second kappa shape index (κ2) is 3.58. The van der Waals surface area contributed by atoms with E-state index < -0.39 is 5.91 Å². The summed E-state index contributed by atoms with van der Waals surface area (Å²) in [5.74, 6) is -0.498. The van der Waals surface area contributed by atoms with Crippen molar-refractivity contribution in [1.29, 1.82) is 0 Å². The average Bonchev–Trinajstić information content (AvgIpc) is 2.55. The van der Waals surface area contributed by atoms with Crippen LogP contribution in [0.5, 0.6) is 0 Å². The van der Waals surface area contributed by atoms with Gasteiger partial charge in [0.15, 0.2) is 5.82 Å². The number of carbonyl (C=O) groups excluding carboxylic acids is 1. The summed E-state index contributed by atoms with van der Waals surface area (Å²) in [7, 11) is 0. The number of nitrogens with two attached hydrogens (primary N) is 3. The fraction of sp³-hybridized carbons (Fsp3) is 0. The molecule has 0 atom stereocenters. The maximum Gasteiger partial charge on any atom is 0.256 e. The molecule has 0 aliphatic carbocycles. The quantitative estimate of drug-likeness (QED) is 0.663. The van der Waals surface area contributed by atoms with Crippen molar-refractivity contribution >= 4 is 17.5 Å². The molecule has 0 aliphatic heterocycles. The number of para-hydroxylation sites is 1. The standard InChI is InChI=1S/C10H11N5O/c11-8-7(10(13)16)9(12)15(14-8)6-4-2-1-3-5-6/h1-5H,12H2,(H2,11,14)(H2,13,16). The summed E-state index contributed by atoms with van der Waals surface area (Å²) in [6.45, 7) is 0. The molecule has 0 aliphatic rings. The Morgan fingerprint density at radius 3 is 2.31 bits per heavy atom. The van der Waals surface area contributed by atoms with Crippen molar-refractivity contribution in [3.8, 4) is 5.69 Å². The second-order valence-electron chi connectivity index (χ2n) is 3.26. The highest BCUT2D eigenvalue weighted by molar-refractivity contribution is 6.02. The first-order valence-corrected chi connectivity index (χ1v) is 4.60. The number of benzene rings is 1. The van der Waals surface area contributed by atoms with Gasteiger partial charge in [-0.1, -0.05) is 18.2 Å². The van der Waals surface area contributed by atoms with E-state index >= 15 is 0 Å². The number of nitrogens with zero attached hydrogens (tertiary/aromatic N) is 2. The van der Waals surface area contributed by atoms with Crippen LogP contribution >= 0.6 is 0 Å². The fourth-order valence-electron chi connectivity index (χ4n) is 1.47. The molecule has 0 unspecified atom stereocenters. The van der Waals surface area contributed by atoms with Crippen molar-refractivity contribution in [3.63, 3.8) is 0 Å². The molecule has 2 rings (SSSR count). The summed E-state index contributed by atoms with van der Waals surface area (Å²) in [5.41, 5.74) is 17.3. The molecule has 1 aromatic carbocycles. The normalized spacial score (nSPS) is 10.2. The van der Waals surface area contributed by atoms with Crippen molar-refractivity contribution in [2.24, 2.45) is 5.73 Å². The number of nitrogen functional groups attached to an aromatic ring is 2. The Hall–Kier alpha value is -2.50. The largest absolute Gasteiger partial charge is 0.383 e. The number of primary amides is 1. The Morgan fingerprint density at radius 2 is 1.81 bits per heavy atom. The lowest BCUT2D eigenvalue weighted by Crippen LogP contribution is -2.14. The third-order valence-corrected chi connectivity index (χ3v) is 2.20. The summed E-state index contributed by atoms with van der Waals surface area (Å²) in [4.78, 5) is 11.1. The Kier molecular flexibility index (Phi) is 2.24. The smallest absolute Gasteiger partial charge is 0.256 e. The zero-order valence-corrected chi connectivity index (χ0v) is 8.42. The van der Waals surface area contributed by atoms with Gasteiger partial charge in [-0.15, -0.1) is 5.10 Å². The van der Waals surface area contributed by atoms with E-state index in [2.05, 4.69) is 5.10 Å². The van der Waals surface area contributed by atoms with Crippen molar-refractivity contribution in [3.05, 3.63) is 35.9 Å². The van der Waals surface area contributed by atoms with Crippen LogP contribution in [0.4, 0.5) is 11.6 Å². The summed E-state index contributed by atoms with van der Waals surface area (Å²) >= 11 is 0. The summed E-state index contributed by atoms with van der Waals surface area (Å²) in [6.07, 6.45) is 0. The molecule has 0 spiro atoms. The van der Waals surface area contributed by atoms with Crippen molar-refractivity contribution in [2.45, 2.75) is 0 Å². The Morgan fingerprint density at radius 1 is 1.19 bits per heavy atom. The zero-order chi connectivity index (χ0) is 11.7.